The van der Waals surface area contributed by atoms with Gasteiger partial charge in [-0.3, -0.25) is 0 Å². The SMILES string of the molecule is CC1(C)CC2c3cccc4c3N(CCNC4)[C@@H]2C1. The normalized spacial score (nSPS) is 32.0. The Hall–Kier alpha value is -1.02. The van der Waals surface area contributed by atoms with Crippen molar-refractivity contribution in [2.45, 2.75) is 45.2 Å². The van der Waals surface area contributed by atoms with Crippen molar-refractivity contribution in [1.29, 1.82) is 0 Å². The van der Waals surface area contributed by atoms with Crippen molar-refractivity contribution in [1.82, 2.24) is 5.32 Å². The molecule has 2 aliphatic heterocycles. The molecule has 0 spiro atoms. The summed E-state index contributed by atoms with van der Waals surface area (Å²) in [6.07, 6.45) is 2.71. The minimum absolute atomic E-state index is 0.517. The maximum Gasteiger partial charge on any atom is 0.0451 e. The zero-order valence-electron chi connectivity index (χ0n) is 11.4. The van der Waals surface area contributed by atoms with Gasteiger partial charge < -0.3 is 10.2 Å². The molecule has 2 nitrogen and oxygen atoms in total. The van der Waals surface area contributed by atoms with E-state index in [1.807, 2.05) is 0 Å². The Morgan fingerprint density at radius 2 is 2.17 bits per heavy atom. The minimum Gasteiger partial charge on any atom is -0.366 e. The van der Waals surface area contributed by atoms with E-state index < -0.39 is 0 Å². The molecule has 4 rings (SSSR count). The summed E-state index contributed by atoms with van der Waals surface area (Å²) in [6.45, 7) is 8.22. The van der Waals surface area contributed by atoms with E-state index in [-0.39, 0.29) is 0 Å². The number of nitrogens with zero attached hydrogens (tertiary/aromatic N) is 1. The Bertz CT molecular complexity index is 492. The van der Waals surface area contributed by atoms with Gasteiger partial charge in [0.05, 0.1) is 0 Å². The van der Waals surface area contributed by atoms with Crippen LogP contribution in [-0.4, -0.2) is 19.1 Å². The molecule has 1 aromatic carbocycles. The molecule has 0 aromatic heterocycles. The molecule has 1 fully saturated rings. The number of fused-ring (bicyclic) bond motifs is 3. The van der Waals surface area contributed by atoms with E-state index in [1.165, 1.54) is 24.9 Å². The summed E-state index contributed by atoms with van der Waals surface area (Å²) in [5.74, 6) is 0.785. The number of rotatable bonds is 0. The highest BCUT2D eigenvalue weighted by atomic mass is 15.2. The molecule has 1 N–H and O–H groups in total. The maximum atomic E-state index is 3.55. The van der Waals surface area contributed by atoms with Crippen LogP contribution in [0.1, 0.15) is 43.7 Å². The first kappa shape index (κ1) is 10.9. The Balaban J connectivity index is 1.86. The molecule has 0 saturated heterocycles. The molecule has 0 bridgehead atoms. The predicted octanol–water partition coefficient (Wildman–Crippen LogP) is 2.88. The number of nitrogens with one attached hydrogen (secondary N) is 1. The second kappa shape index (κ2) is 3.51. The van der Waals surface area contributed by atoms with E-state index in [2.05, 4.69) is 42.3 Å². The van der Waals surface area contributed by atoms with Gasteiger partial charge in [0, 0.05) is 37.3 Å². The largest absolute Gasteiger partial charge is 0.366 e. The fourth-order valence-electron chi connectivity index (χ4n) is 4.44. The lowest BCUT2D eigenvalue weighted by molar-refractivity contribution is 0.368. The fourth-order valence-corrected chi connectivity index (χ4v) is 4.44. The first-order valence-corrected chi connectivity index (χ1v) is 7.25. The van der Waals surface area contributed by atoms with E-state index in [1.54, 1.807) is 11.3 Å². The molecule has 1 aliphatic carbocycles. The quantitative estimate of drug-likeness (QED) is 0.752. The zero-order valence-corrected chi connectivity index (χ0v) is 11.4. The molecule has 2 atom stereocenters. The van der Waals surface area contributed by atoms with Crippen LogP contribution in [0.3, 0.4) is 0 Å². The maximum absolute atomic E-state index is 3.55. The van der Waals surface area contributed by atoms with Gasteiger partial charge in [-0.15, -0.1) is 0 Å². The summed E-state index contributed by atoms with van der Waals surface area (Å²) < 4.78 is 0. The van der Waals surface area contributed by atoms with Crippen LogP contribution in [0, 0.1) is 5.41 Å². The molecule has 1 aromatic rings. The molecule has 0 amide bonds. The highest BCUT2D eigenvalue weighted by Crippen LogP contribution is 2.56. The third-order valence-corrected chi connectivity index (χ3v) is 5.08. The number of hydrogen-bond donors (Lipinski definition) is 1. The van der Waals surface area contributed by atoms with Crippen LogP contribution in [0.15, 0.2) is 18.2 Å². The molecular formula is C16H22N2. The van der Waals surface area contributed by atoms with Gasteiger partial charge in [0.2, 0.25) is 0 Å². The van der Waals surface area contributed by atoms with Crippen molar-refractivity contribution >= 4 is 5.69 Å². The van der Waals surface area contributed by atoms with Gasteiger partial charge in [0.25, 0.3) is 0 Å². The van der Waals surface area contributed by atoms with Crippen molar-refractivity contribution in [2.24, 2.45) is 5.41 Å². The molecule has 3 aliphatic rings. The number of anilines is 1. The minimum atomic E-state index is 0.517. The summed E-state index contributed by atoms with van der Waals surface area (Å²) in [5, 5.41) is 3.55. The highest BCUT2D eigenvalue weighted by molar-refractivity contribution is 5.67. The first-order chi connectivity index (χ1) is 8.66. The summed E-state index contributed by atoms with van der Waals surface area (Å²) in [4.78, 5) is 2.71. The molecule has 1 saturated carbocycles. The molecule has 1 unspecified atom stereocenters. The first-order valence-electron chi connectivity index (χ1n) is 7.25. The van der Waals surface area contributed by atoms with Gasteiger partial charge in [-0.1, -0.05) is 32.0 Å². The lowest BCUT2D eigenvalue weighted by atomic mass is 9.88. The van der Waals surface area contributed by atoms with Gasteiger partial charge in [0.15, 0.2) is 0 Å². The highest BCUT2D eigenvalue weighted by Gasteiger charge is 2.48. The van der Waals surface area contributed by atoms with Crippen molar-refractivity contribution in [2.75, 3.05) is 18.0 Å². The molecular weight excluding hydrogens is 220 g/mol. The lowest BCUT2D eigenvalue weighted by Crippen LogP contribution is -2.35. The second-order valence-corrected chi connectivity index (χ2v) is 6.97. The number of benzene rings is 1. The van der Waals surface area contributed by atoms with Crippen molar-refractivity contribution < 1.29 is 0 Å². The van der Waals surface area contributed by atoms with Crippen molar-refractivity contribution in [3.63, 3.8) is 0 Å². The third kappa shape index (κ3) is 1.38. The fraction of sp³-hybridized carbons (Fsp3) is 0.625. The Kier molecular flexibility index (Phi) is 2.12. The smallest absolute Gasteiger partial charge is 0.0451 e. The average Bonchev–Trinajstić information content (AvgIpc) is 2.68. The van der Waals surface area contributed by atoms with Crippen molar-refractivity contribution in [3.8, 4) is 0 Å². The van der Waals surface area contributed by atoms with Crippen LogP contribution >= 0.6 is 0 Å². The van der Waals surface area contributed by atoms with E-state index in [0.717, 1.165) is 25.0 Å². The molecule has 2 heteroatoms. The van der Waals surface area contributed by atoms with Crippen molar-refractivity contribution in [3.05, 3.63) is 29.3 Å². The average molecular weight is 242 g/mol. The molecule has 2 heterocycles. The van der Waals surface area contributed by atoms with Gasteiger partial charge in [-0.25, -0.2) is 0 Å². The van der Waals surface area contributed by atoms with Crippen LogP contribution in [0.2, 0.25) is 0 Å². The van der Waals surface area contributed by atoms with Gasteiger partial charge in [0.1, 0.15) is 0 Å². The topological polar surface area (TPSA) is 15.3 Å². The standard InChI is InChI=1S/C16H22N2/c1-16(2)8-13-12-5-3-4-11-10-17-6-7-18(15(11)12)14(13)9-16/h3-5,13-14,17H,6-10H2,1-2H3/t13?,14-/m1/s1. The third-order valence-electron chi connectivity index (χ3n) is 5.08. The van der Waals surface area contributed by atoms with E-state index in [9.17, 15) is 0 Å². The van der Waals surface area contributed by atoms with Gasteiger partial charge >= 0.3 is 0 Å². The van der Waals surface area contributed by atoms with E-state index in [4.69, 9.17) is 0 Å². The van der Waals surface area contributed by atoms with Crippen LogP contribution in [0.25, 0.3) is 0 Å². The van der Waals surface area contributed by atoms with Gasteiger partial charge in [-0.05, 0) is 29.4 Å². The number of hydrogen-bond acceptors (Lipinski definition) is 2. The Morgan fingerprint density at radius 3 is 3.06 bits per heavy atom. The van der Waals surface area contributed by atoms with Crippen LogP contribution < -0.4 is 10.2 Å². The van der Waals surface area contributed by atoms with Crippen LogP contribution in [0.5, 0.6) is 0 Å². The zero-order chi connectivity index (χ0) is 12.3. The monoisotopic (exact) mass is 242 g/mol. The molecule has 18 heavy (non-hydrogen) atoms. The summed E-state index contributed by atoms with van der Waals surface area (Å²) in [7, 11) is 0. The lowest BCUT2D eigenvalue weighted by Gasteiger charge is -2.28. The van der Waals surface area contributed by atoms with E-state index in [0.29, 0.717) is 5.41 Å². The summed E-state index contributed by atoms with van der Waals surface area (Å²) in [5.41, 5.74) is 5.24. The predicted molar refractivity (Wildman–Crippen MR) is 75.0 cm³/mol. The number of para-hydroxylation sites is 1. The van der Waals surface area contributed by atoms with Crippen LogP contribution in [-0.2, 0) is 6.54 Å². The van der Waals surface area contributed by atoms with Gasteiger partial charge in [-0.2, -0.15) is 0 Å². The van der Waals surface area contributed by atoms with Crippen LogP contribution in [0.4, 0.5) is 5.69 Å². The Labute approximate surface area is 109 Å². The van der Waals surface area contributed by atoms with E-state index >= 15 is 0 Å². The summed E-state index contributed by atoms with van der Waals surface area (Å²) >= 11 is 0. The molecule has 96 valence electrons. The molecule has 0 radical (unpaired) electrons. The summed E-state index contributed by atoms with van der Waals surface area (Å²) in [6, 6.07) is 7.70. The Morgan fingerprint density at radius 1 is 1.28 bits per heavy atom. The second-order valence-electron chi connectivity index (χ2n) is 6.97.